The standard InChI is InChI=1S/C21H27N5O3/c1-15(14-29-4)13-23-21(22-2)25-11-9-16(10-12-25)26-18-8-6-5-7-17(18)24(3)19(27)20(26)28/h5-8,13,16H,1,9-12,14H2,2-4H3. The molecule has 8 nitrogen and oxygen atoms in total. The van der Waals surface area contributed by atoms with E-state index < -0.39 is 11.1 Å². The first kappa shape index (κ1) is 20.7. The molecule has 0 radical (unpaired) electrons. The van der Waals surface area contributed by atoms with E-state index in [4.69, 9.17) is 4.74 Å². The van der Waals surface area contributed by atoms with Gasteiger partial charge in [0.2, 0.25) is 5.96 Å². The number of aryl methyl sites for hydroxylation is 1. The molecule has 0 amide bonds. The van der Waals surface area contributed by atoms with Crippen LogP contribution in [0.2, 0.25) is 0 Å². The highest BCUT2D eigenvalue weighted by Gasteiger charge is 2.25. The molecule has 0 saturated carbocycles. The summed E-state index contributed by atoms with van der Waals surface area (Å²) in [6.45, 7) is 5.69. The van der Waals surface area contributed by atoms with E-state index in [-0.39, 0.29) is 6.04 Å². The molecule has 3 rings (SSSR count). The van der Waals surface area contributed by atoms with Crippen molar-refractivity contribution in [2.75, 3.05) is 33.9 Å². The minimum Gasteiger partial charge on any atom is -0.380 e. The smallest absolute Gasteiger partial charge is 0.317 e. The van der Waals surface area contributed by atoms with Gasteiger partial charge >= 0.3 is 11.1 Å². The second-order valence-electron chi connectivity index (χ2n) is 7.12. The minimum atomic E-state index is -0.497. The predicted molar refractivity (Wildman–Crippen MR) is 116 cm³/mol. The number of fused-ring (bicyclic) bond motifs is 1. The SMILES string of the molecule is C=C(C=NC(=NC)N1CCC(n2c(=O)c(=O)n(C)c3ccccc32)CC1)COC. The normalized spacial score (nSPS) is 16.1. The van der Waals surface area contributed by atoms with Gasteiger partial charge in [-0.3, -0.25) is 19.1 Å². The molecule has 0 atom stereocenters. The third kappa shape index (κ3) is 4.22. The Balaban J connectivity index is 1.82. The van der Waals surface area contributed by atoms with E-state index in [0.717, 1.165) is 29.4 Å². The quantitative estimate of drug-likeness (QED) is 0.446. The van der Waals surface area contributed by atoms with Crippen LogP contribution in [-0.4, -0.2) is 60.1 Å². The molecule has 1 aliphatic rings. The van der Waals surface area contributed by atoms with Crippen LogP contribution in [0.4, 0.5) is 0 Å². The molecule has 1 saturated heterocycles. The van der Waals surface area contributed by atoms with E-state index in [9.17, 15) is 9.59 Å². The first-order valence-corrected chi connectivity index (χ1v) is 9.60. The summed E-state index contributed by atoms with van der Waals surface area (Å²) in [6.07, 6.45) is 3.12. The van der Waals surface area contributed by atoms with E-state index in [2.05, 4.69) is 21.5 Å². The molecule has 0 N–H and O–H groups in total. The lowest BCUT2D eigenvalue weighted by molar-refractivity contribution is 0.230. The molecule has 0 unspecified atom stereocenters. The Morgan fingerprint density at radius 2 is 1.86 bits per heavy atom. The average molecular weight is 397 g/mol. The number of likely N-dealkylation sites (tertiary alicyclic amines) is 1. The van der Waals surface area contributed by atoms with Gasteiger partial charge in [-0.1, -0.05) is 18.7 Å². The van der Waals surface area contributed by atoms with Gasteiger partial charge in [0, 0.05) is 46.6 Å². The van der Waals surface area contributed by atoms with Gasteiger partial charge < -0.3 is 14.2 Å². The largest absolute Gasteiger partial charge is 0.380 e. The second kappa shape index (κ2) is 9.00. The molecule has 0 bridgehead atoms. The highest BCUT2D eigenvalue weighted by Crippen LogP contribution is 2.24. The molecule has 29 heavy (non-hydrogen) atoms. The summed E-state index contributed by atoms with van der Waals surface area (Å²) in [4.78, 5) is 36.0. The molecule has 8 heteroatoms. The van der Waals surface area contributed by atoms with Crippen LogP contribution in [0.1, 0.15) is 18.9 Å². The van der Waals surface area contributed by atoms with Crippen molar-refractivity contribution in [2.45, 2.75) is 18.9 Å². The Morgan fingerprint density at radius 3 is 2.48 bits per heavy atom. The van der Waals surface area contributed by atoms with Gasteiger partial charge in [0.05, 0.1) is 17.6 Å². The van der Waals surface area contributed by atoms with E-state index in [0.29, 0.717) is 25.7 Å². The molecule has 1 aliphatic heterocycles. The number of aromatic nitrogens is 2. The van der Waals surface area contributed by atoms with Gasteiger partial charge in [-0.2, -0.15) is 0 Å². The van der Waals surface area contributed by atoms with Crippen LogP contribution in [0.25, 0.3) is 11.0 Å². The van der Waals surface area contributed by atoms with Gasteiger partial charge in [-0.15, -0.1) is 0 Å². The Labute approximate surface area is 169 Å². The molecule has 0 spiro atoms. The van der Waals surface area contributed by atoms with E-state index in [1.165, 1.54) is 4.57 Å². The molecule has 2 aromatic rings. The maximum atomic E-state index is 12.8. The molecular formula is C21H27N5O3. The topological polar surface area (TPSA) is 81.2 Å². The Morgan fingerprint density at radius 1 is 1.21 bits per heavy atom. The van der Waals surface area contributed by atoms with Crippen molar-refractivity contribution >= 4 is 23.2 Å². The van der Waals surface area contributed by atoms with E-state index >= 15 is 0 Å². The van der Waals surface area contributed by atoms with Gasteiger partial charge in [0.15, 0.2) is 0 Å². The summed E-state index contributed by atoms with van der Waals surface area (Å²) in [7, 11) is 4.95. The molecule has 1 fully saturated rings. The second-order valence-corrected chi connectivity index (χ2v) is 7.12. The summed E-state index contributed by atoms with van der Waals surface area (Å²) >= 11 is 0. The van der Waals surface area contributed by atoms with Crippen LogP contribution >= 0.6 is 0 Å². The van der Waals surface area contributed by atoms with Gasteiger partial charge in [0.1, 0.15) is 0 Å². The monoisotopic (exact) mass is 397 g/mol. The van der Waals surface area contributed by atoms with Crippen molar-refractivity contribution in [1.82, 2.24) is 14.0 Å². The van der Waals surface area contributed by atoms with Crippen LogP contribution in [0.5, 0.6) is 0 Å². The number of methoxy groups -OCH3 is 1. The molecule has 2 heterocycles. The van der Waals surface area contributed by atoms with Crippen molar-refractivity contribution in [1.29, 1.82) is 0 Å². The number of aliphatic imine (C=N–C) groups is 2. The zero-order valence-corrected chi connectivity index (χ0v) is 17.2. The van der Waals surface area contributed by atoms with Crippen LogP contribution < -0.4 is 11.1 Å². The first-order chi connectivity index (χ1) is 14.0. The lowest BCUT2D eigenvalue weighted by Gasteiger charge is -2.34. The van der Waals surface area contributed by atoms with E-state index in [1.807, 2.05) is 24.3 Å². The number of hydrogen-bond acceptors (Lipinski definition) is 4. The maximum absolute atomic E-state index is 12.8. The number of para-hydroxylation sites is 2. The average Bonchev–Trinajstić information content (AvgIpc) is 2.74. The number of nitrogens with zero attached hydrogens (tertiary/aromatic N) is 5. The molecular weight excluding hydrogens is 370 g/mol. The third-order valence-electron chi connectivity index (χ3n) is 5.21. The van der Waals surface area contributed by atoms with Crippen molar-refractivity contribution < 1.29 is 4.74 Å². The molecule has 1 aromatic carbocycles. The van der Waals surface area contributed by atoms with Crippen molar-refractivity contribution in [2.24, 2.45) is 17.0 Å². The molecule has 1 aromatic heterocycles. The number of hydrogen-bond donors (Lipinski definition) is 0. The zero-order valence-electron chi connectivity index (χ0n) is 17.2. The summed E-state index contributed by atoms with van der Waals surface area (Å²) in [5.41, 5.74) is 1.35. The van der Waals surface area contributed by atoms with Crippen LogP contribution in [-0.2, 0) is 11.8 Å². The summed E-state index contributed by atoms with van der Waals surface area (Å²) < 4.78 is 8.13. The lowest BCUT2D eigenvalue weighted by Crippen LogP contribution is -2.45. The Hall–Kier alpha value is -3.00. The minimum absolute atomic E-state index is 0.0388. The zero-order chi connectivity index (χ0) is 21.0. The fraction of sp³-hybridized carbons (Fsp3) is 0.429. The highest BCUT2D eigenvalue weighted by atomic mass is 16.5. The number of guanidine groups is 1. The van der Waals surface area contributed by atoms with Crippen molar-refractivity contribution in [3.8, 4) is 0 Å². The fourth-order valence-corrected chi connectivity index (χ4v) is 3.76. The van der Waals surface area contributed by atoms with Gasteiger partial charge in [-0.25, -0.2) is 4.99 Å². The Bertz CT molecular complexity index is 1070. The lowest BCUT2D eigenvalue weighted by atomic mass is 10.0. The number of rotatable bonds is 4. The Kier molecular flexibility index (Phi) is 6.43. The summed E-state index contributed by atoms with van der Waals surface area (Å²) in [5, 5.41) is 0. The fourth-order valence-electron chi connectivity index (χ4n) is 3.76. The summed E-state index contributed by atoms with van der Waals surface area (Å²) in [5.74, 6) is 0.627. The van der Waals surface area contributed by atoms with Crippen molar-refractivity contribution in [3.05, 3.63) is 57.1 Å². The van der Waals surface area contributed by atoms with Gasteiger partial charge in [-0.05, 0) is 30.5 Å². The van der Waals surface area contributed by atoms with Crippen molar-refractivity contribution in [3.63, 3.8) is 0 Å². The highest BCUT2D eigenvalue weighted by molar-refractivity contribution is 5.93. The van der Waals surface area contributed by atoms with Crippen LogP contribution in [0.3, 0.4) is 0 Å². The summed E-state index contributed by atoms with van der Waals surface area (Å²) in [6, 6.07) is 7.49. The molecule has 0 aliphatic carbocycles. The van der Waals surface area contributed by atoms with Crippen LogP contribution in [0, 0.1) is 0 Å². The predicted octanol–water partition coefficient (Wildman–Crippen LogP) is 1.60. The maximum Gasteiger partial charge on any atom is 0.317 e. The number of benzene rings is 1. The number of ether oxygens (including phenoxy) is 1. The van der Waals surface area contributed by atoms with Crippen LogP contribution in [0.15, 0.2) is 56.0 Å². The van der Waals surface area contributed by atoms with E-state index in [1.54, 1.807) is 32.0 Å². The first-order valence-electron chi connectivity index (χ1n) is 9.60. The van der Waals surface area contributed by atoms with Gasteiger partial charge in [0.25, 0.3) is 0 Å². The third-order valence-corrected chi connectivity index (χ3v) is 5.21. The molecule has 154 valence electrons. The number of piperidine rings is 1.